The molecule has 1 fully saturated rings. The van der Waals surface area contributed by atoms with Crippen LogP contribution < -0.4 is 0 Å². The average molecular weight is 277 g/mol. The van der Waals surface area contributed by atoms with E-state index in [0.717, 1.165) is 0 Å². The number of hydrogen-bond donors (Lipinski definition) is 2. The SMILES string of the molecule is CN1CCCCC1.O=S(=O)(O)OS(=O)(=O)O. The molecule has 1 saturated heterocycles. The van der Waals surface area contributed by atoms with Gasteiger partial charge in [-0.2, -0.15) is 16.8 Å². The average Bonchev–Trinajstić information content (AvgIpc) is 1.99. The van der Waals surface area contributed by atoms with Gasteiger partial charge in [-0.25, -0.2) is 0 Å². The Morgan fingerprint density at radius 3 is 1.44 bits per heavy atom. The maximum atomic E-state index is 9.44. The number of piperidine rings is 1. The van der Waals surface area contributed by atoms with Crippen molar-refractivity contribution in [2.45, 2.75) is 19.3 Å². The zero-order valence-electron chi connectivity index (χ0n) is 8.73. The summed E-state index contributed by atoms with van der Waals surface area (Å²) in [7, 11) is -8.05. The van der Waals surface area contributed by atoms with Gasteiger partial charge in [-0.15, -0.1) is 3.63 Å². The van der Waals surface area contributed by atoms with Crippen LogP contribution in [0.1, 0.15) is 19.3 Å². The monoisotopic (exact) mass is 277 g/mol. The van der Waals surface area contributed by atoms with E-state index in [1.807, 2.05) is 0 Å². The van der Waals surface area contributed by atoms with Gasteiger partial charge in [0.2, 0.25) is 0 Å². The molecule has 0 bridgehead atoms. The molecule has 1 aliphatic heterocycles. The molecule has 2 N–H and O–H groups in total. The van der Waals surface area contributed by atoms with Gasteiger partial charge in [-0.3, -0.25) is 9.11 Å². The van der Waals surface area contributed by atoms with Crippen molar-refractivity contribution < 1.29 is 29.6 Å². The Kier molecular flexibility index (Phi) is 6.36. The van der Waals surface area contributed by atoms with E-state index in [2.05, 4.69) is 15.6 Å². The molecule has 1 aliphatic rings. The molecule has 0 aromatic rings. The van der Waals surface area contributed by atoms with Gasteiger partial charge in [0, 0.05) is 0 Å². The molecule has 0 atom stereocenters. The Hall–Kier alpha value is -0.260. The lowest BCUT2D eigenvalue weighted by molar-refractivity contribution is 0.277. The summed E-state index contributed by atoms with van der Waals surface area (Å²) in [6.45, 7) is 2.64. The van der Waals surface area contributed by atoms with E-state index >= 15 is 0 Å². The standard InChI is InChI=1S/C6H13N.H2O7S2/c1-7-5-3-2-4-6-7;1-8(2,3)7-9(4,5)6/h2-6H2,1H3;(H,1,2,3)(H,4,5,6). The molecule has 98 valence electrons. The second-order valence-electron chi connectivity index (χ2n) is 3.29. The van der Waals surface area contributed by atoms with E-state index in [-0.39, 0.29) is 0 Å². The summed E-state index contributed by atoms with van der Waals surface area (Å²) in [5.74, 6) is 0. The third-order valence-corrected chi connectivity index (χ3v) is 3.13. The van der Waals surface area contributed by atoms with Crippen LogP contribution in [-0.4, -0.2) is 51.0 Å². The Balaban J connectivity index is 0.000000288. The lowest BCUT2D eigenvalue weighted by Gasteiger charge is -2.20. The Labute approximate surface area is 95.1 Å². The van der Waals surface area contributed by atoms with Crippen LogP contribution >= 0.6 is 0 Å². The van der Waals surface area contributed by atoms with Crippen molar-refractivity contribution in [3.05, 3.63) is 0 Å². The third kappa shape index (κ3) is 11.8. The zero-order chi connectivity index (χ0) is 12.8. The van der Waals surface area contributed by atoms with E-state index in [9.17, 15) is 16.8 Å². The first-order valence-corrected chi connectivity index (χ1v) is 7.18. The summed E-state index contributed by atoms with van der Waals surface area (Å²) in [5, 5.41) is 0. The van der Waals surface area contributed by atoms with Gasteiger partial charge in [-0.05, 0) is 33.0 Å². The van der Waals surface area contributed by atoms with Crippen LogP contribution in [0.4, 0.5) is 0 Å². The molecular formula is C6H15NO7S2. The number of likely N-dealkylation sites (tertiary alicyclic amines) is 1. The fraction of sp³-hybridized carbons (Fsp3) is 1.00. The second-order valence-corrected chi connectivity index (χ2v) is 5.54. The first-order chi connectivity index (χ1) is 7.10. The van der Waals surface area contributed by atoms with Crippen molar-refractivity contribution in [1.29, 1.82) is 0 Å². The van der Waals surface area contributed by atoms with Crippen molar-refractivity contribution in [2.75, 3.05) is 20.1 Å². The van der Waals surface area contributed by atoms with Crippen LogP contribution in [0.2, 0.25) is 0 Å². The molecule has 0 radical (unpaired) electrons. The summed E-state index contributed by atoms with van der Waals surface area (Å²) in [6, 6.07) is 0. The van der Waals surface area contributed by atoms with Gasteiger partial charge in [0.15, 0.2) is 0 Å². The topological polar surface area (TPSA) is 121 Å². The lowest BCUT2D eigenvalue weighted by atomic mass is 10.1. The first-order valence-electron chi connectivity index (χ1n) is 4.44. The molecule has 0 aromatic heterocycles. The maximum Gasteiger partial charge on any atom is 0.413 e. The summed E-state index contributed by atoms with van der Waals surface area (Å²) < 4.78 is 55.6. The van der Waals surface area contributed by atoms with Gasteiger partial charge < -0.3 is 4.90 Å². The minimum Gasteiger partial charge on any atom is -0.306 e. The third-order valence-electron chi connectivity index (χ3n) is 1.75. The van der Waals surface area contributed by atoms with Crippen LogP contribution in [0, 0.1) is 0 Å². The predicted octanol–water partition coefficient (Wildman–Crippen LogP) is -0.289. The zero-order valence-corrected chi connectivity index (χ0v) is 10.4. The van der Waals surface area contributed by atoms with Crippen molar-refractivity contribution in [3.8, 4) is 0 Å². The molecule has 0 aromatic carbocycles. The van der Waals surface area contributed by atoms with Gasteiger partial charge in [0.25, 0.3) is 0 Å². The predicted molar refractivity (Wildman–Crippen MR) is 55.5 cm³/mol. The van der Waals surface area contributed by atoms with E-state index in [1.165, 1.54) is 32.4 Å². The first kappa shape index (κ1) is 15.7. The summed E-state index contributed by atoms with van der Waals surface area (Å²) >= 11 is 0. The normalized spacial score (nSPS) is 18.7. The van der Waals surface area contributed by atoms with Crippen molar-refractivity contribution in [1.82, 2.24) is 4.90 Å². The molecule has 0 spiro atoms. The molecule has 8 nitrogen and oxygen atoms in total. The van der Waals surface area contributed by atoms with Gasteiger partial charge >= 0.3 is 20.8 Å². The number of rotatable bonds is 2. The highest BCUT2D eigenvalue weighted by molar-refractivity contribution is 7.94. The van der Waals surface area contributed by atoms with Crippen LogP contribution in [0.15, 0.2) is 0 Å². The molecule has 16 heavy (non-hydrogen) atoms. The van der Waals surface area contributed by atoms with Crippen LogP contribution in [0.25, 0.3) is 0 Å². The van der Waals surface area contributed by atoms with E-state index < -0.39 is 20.8 Å². The fourth-order valence-electron chi connectivity index (χ4n) is 1.16. The van der Waals surface area contributed by atoms with Gasteiger partial charge in [-0.1, -0.05) is 6.42 Å². The molecule has 0 unspecified atom stereocenters. The van der Waals surface area contributed by atoms with Crippen LogP contribution in [0.5, 0.6) is 0 Å². The van der Waals surface area contributed by atoms with E-state index in [0.29, 0.717) is 0 Å². The van der Waals surface area contributed by atoms with Crippen molar-refractivity contribution in [2.24, 2.45) is 0 Å². The largest absolute Gasteiger partial charge is 0.413 e. The molecule has 0 amide bonds. The lowest BCUT2D eigenvalue weighted by Crippen LogP contribution is -2.24. The molecule has 0 saturated carbocycles. The molecule has 1 heterocycles. The molecular weight excluding hydrogens is 262 g/mol. The molecule has 10 heteroatoms. The molecule has 0 aliphatic carbocycles. The second kappa shape index (κ2) is 6.47. The number of nitrogens with zero attached hydrogens (tertiary/aromatic N) is 1. The quantitative estimate of drug-likeness (QED) is 0.660. The smallest absolute Gasteiger partial charge is 0.306 e. The maximum absolute atomic E-state index is 9.44. The minimum atomic E-state index is -5.12. The van der Waals surface area contributed by atoms with Gasteiger partial charge in [0.1, 0.15) is 0 Å². The highest BCUT2D eigenvalue weighted by Crippen LogP contribution is 2.04. The fourth-order valence-corrected chi connectivity index (χ4v) is 2.03. The number of hydrogen-bond acceptors (Lipinski definition) is 6. The molecule has 1 rings (SSSR count). The Morgan fingerprint density at radius 1 is 0.938 bits per heavy atom. The van der Waals surface area contributed by atoms with E-state index in [1.54, 1.807) is 0 Å². The summed E-state index contributed by atoms with van der Waals surface area (Å²) in [4.78, 5) is 2.39. The highest BCUT2D eigenvalue weighted by Gasteiger charge is 2.15. The highest BCUT2D eigenvalue weighted by atomic mass is 32.3. The van der Waals surface area contributed by atoms with Crippen molar-refractivity contribution in [3.63, 3.8) is 0 Å². The minimum absolute atomic E-state index is 1.32. The Bertz CT molecular complexity index is 351. The van der Waals surface area contributed by atoms with Gasteiger partial charge in [0.05, 0.1) is 0 Å². The summed E-state index contributed by atoms with van der Waals surface area (Å²) in [5.41, 5.74) is 0. The van der Waals surface area contributed by atoms with E-state index in [4.69, 9.17) is 9.11 Å². The summed E-state index contributed by atoms with van der Waals surface area (Å²) in [6.07, 6.45) is 4.28. The van der Waals surface area contributed by atoms with Crippen LogP contribution in [-0.2, 0) is 24.4 Å². The Morgan fingerprint density at radius 2 is 1.31 bits per heavy atom. The van der Waals surface area contributed by atoms with Crippen molar-refractivity contribution >= 4 is 20.8 Å². The van der Waals surface area contributed by atoms with Crippen LogP contribution in [0.3, 0.4) is 0 Å².